The van der Waals surface area contributed by atoms with E-state index in [0.717, 1.165) is 0 Å². The first-order valence-corrected chi connectivity index (χ1v) is 3.47. The number of carbonyl (C=O) groups is 2. The summed E-state index contributed by atoms with van der Waals surface area (Å²) < 4.78 is 0. The Balaban J connectivity index is 3.65. The Morgan fingerprint density at radius 2 is 0.667 bits per heavy atom. The summed E-state index contributed by atoms with van der Waals surface area (Å²) in [4.78, 5) is 19.6. The molecule has 0 heterocycles. The third kappa shape index (κ3) is 8.30. The van der Waals surface area contributed by atoms with Gasteiger partial charge >= 0.3 is 0 Å². The van der Waals surface area contributed by atoms with Gasteiger partial charge in [0.05, 0.1) is 0 Å². The lowest BCUT2D eigenvalue weighted by molar-refractivity contribution is -0.104. The van der Waals surface area contributed by atoms with E-state index in [4.69, 9.17) is 0 Å². The van der Waals surface area contributed by atoms with Crippen molar-refractivity contribution in [1.82, 2.24) is 0 Å². The molecule has 0 aromatic heterocycles. The van der Waals surface area contributed by atoms with Gasteiger partial charge in [-0.1, -0.05) is 36.5 Å². The van der Waals surface area contributed by atoms with E-state index >= 15 is 0 Å². The number of rotatable bonds is 5. The molecule has 12 heavy (non-hydrogen) atoms. The van der Waals surface area contributed by atoms with Crippen LogP contribution in [0.2, 0.25) is 0 Å². The zero-order chi connectivity index (χ0) is 9.07. The Bertz CT molecular complexity index is 206. The number of hydrogen-bond donors (Lipinski definition) is 0. The normalized spacial score (nSPS) is 12.3. The van der Waals surface area contributed by atoms with E-state index < -0.39 is 0 Å². The van der Waals surface area contributed by atoms with Gasteiger partial charge in [0.25, 0.3) is 0 Å². The second kappa shape index (κ2) is 9.30. The predicted octanol–water partition coefficient (Wildman–Crippen LogP) is 1.61. The highest BCUT2D eigenvalue weighted by Crippen LogP contribution is 1.80. The molecule has 2 nitrogen and oxygen atoms in total. The fourth-order valence-corrected chi connectivity index (χ4v) is 0.476. The van der Waals surface area contributed by atoms with E-state index in [1.54, 1.807) is 36.5 Å². The molecule has 0 saturated heterocycles. The molecule has 0 spiro atoms. The first kappa shape index (κ1) is 10.3. The van der Waals surface area contributed by atoms with Crippen LogP contribution in [0.5, 0.6) is 0 Å². The maximum atomic E-state index is 9.79. The summed E-state index contributed by atoms with van der Waals surface area (Å²) in [5.41, 5.74) is 0. The second-order valence-corrected chi connectivity index (χ2v) is 1.81. The van der Waals surface area contributed by atoms with Crippen LogP contribution in [0.25, 0.3) is 0 Å². The molecule has 0 fully saturated rings. The third-order valence-corrected chi connectivity index (χ3v) is 0.935. The van der Waals surface area contributed by atoms with Crippen molar-refractivity contribution < 1.29 is 9.59 Å². The fraction of sp³-hybridized carbons (Fsp3) is 0. The lowest BCUT2D eigenvalue weighted by atomic mass is 10.4. The van der Waals surface area contributed by atoms with Gasteiger partial charge in [-0.15, -0.1) is 0 Å². The SMILES string of the molecule is O=CC=CC=CC=CC=CC=O. The topological polar surface area (TPSA) is 34.1 Å². The number of allylic oxidation sites excluding steroid dienone is 8. The van der Waals surface area contributed by atoms with Gasteiger partial charge in [-0.25, -0.2) is 0 Å². The number of aldehydes is 2. The highest BCUT2D eigenvalue weighted by Gasteiger charge is 1.62. The van der Waals surface area contributed by atoms with Crippen LogP contribution in [0.15, 0.2) is 48.6 Å². The maximum absolute atomic E-state index is 9.79. The summed E-state index contributed by atoms with van der Waals surface area (Å²) in [5, 5.41) is 0. The molecule has 0 radical (unpaired) electrons. The minimum atomic E-state index is 0.709. The number of hydrogen-bond acceptors (Lipinski definition) is 2. The summed E-state index contributed by atoms with van der Waals surface area (Å²) in [6, 6.07) is 0. The first-order valence-electron chi connectivity index (χ1n) is 3.47. The second-order valence-electron chi connectivity index (χ2n) is 1.81. The molecule has 62 valence electrons. The molecule has 0 N–H and O–H groups in total. The summed E-state index contributed by atoms with van der Waals surface area (Å²) >= 11 is 0. The van der Waals surface area contributed by atoms with Crippen LogP contribution in [0, 0.1) is 0 Å². The predicted molar refractivity (Wildman–Crippen MR) is 48.7 cm³/mol. The van der Waals surface area contributed by atoms with E-state index in [0.29, 0.717) is 12.6 Å². The molecule has 0 aliphatic rings. The summed E-state index contributed by atoms with van der Waals surface area (Å²) in [7, 11) is 0. The van der Waals surface area contributed by atoms with Crippen molar-refractivity contribution in [3.63, 3.8) is 0 Å². The average Bonchev–Trinajstić information content (AvgIpc) is 2.10. The smallest absolute Gasteiger partial charge is 0.142 e. The van der Waals surface area contributed by atoms with Crippen LogP contribution in [0.1, 0.15) is 0 Å². The molecule has 0 amide bonds. The highest BCUT2D eigenvalue weighted by molar-refractivity contribution is 5.65. The van der Waals surface area contributed by atoms with Crippen LogP contribution in [0.3, 0.4) is 0 Å². The van der Waals surface area contributed by atoms with Crippen molar-refractivity contribution in [1.29, 1.82) is 0 Å². The largest absolute Gasteiger partial charge is 0.299 e. The van der Waals surface area contributed by atoms with E-state index in [2.05, 4.69) is 0 Å². The van der Waals surface area contributed by atoms with Crippen LogP contribution in [0.4, 0.5) is 0 Å². The minimum absolute atomic E-state index is 0.709. The van der Waals surface area contributed by atoms with E-state index in [9.17, 15) is 9.59 Å². The van der Waals surface area contributed by atoms with Crippen molar-refractivity contribution in [3.8, 4) is 0 Å². The average molecular weight is 162 g/mol. The van der Waals surface area contributed by atoms with Crippen LogP contribution in [-0.4, -0.2) is 12.6 Å². The van der Waals surface area contributed by atoms with Crippen LogP contribution < -0.4 is 0 Å². The molecule has 0 aliphatic heterocycles. The molecular formula is C10H10O2. The highest BCUT2D eigenvalue weighted by atomic mass is 16.1. The summed E-state index contributed by atoms with van der Waals surface area (Å²) in [5.74, 6) is 0. The van der Waals surface area contributed by atoms with Gasteiger partial charge < -0.3 is 0 Å². The summed E-state index contributed by atoms with van der Waals surface area (Å²) in [6.07, 6.45) is 14.4. The monoisotopic (exact) mass is 162 g/mol. The van der Waals surface area contributed by atoms with E-state index in [-0.39, 0.29) is 0 Å². The zero-order valence-electron chi connectivity index (χ0n) is 6.59. The van der Waals surface area contributed by atoms with Crippen molar-refractivity contribution in [2.45, 2.75) is 0 Å². The van der Waals surface area contributed by atoms with E-state index in [1.807, 2.05) is 0 Å². The molecule has 0 aromatic rings. The lowest BCUT2D eigenvalue weighted by Crippen LogP contribution is -1.57. The molecule has 2 heteroatoms. The Hall–Kier alpha value is -1.70. The Morgan fingerprint density at radius 1 is 0.417 bits per heavy atom. The van der Waals surface area contributed by atoms with E-state index in [1.165, 1.54) is 12.2 Å². The molecule has 0 aliphatic carbocycles. The summed E-state index contributed by atoms with van der Waals surface area (Å²) in [6.45, 7) is 0. The standard InChI is InChI=1S/C10H10O2/c11-9-7-5-3-1-2-4-6-8-10-12/h1-10H. The Kier molecular flexibility index (Phi) is 7.98. The molecule has 0 atom stereocenters. The quantitative estimate of drug-likeness (QED) is 0.349. The Labute approximate surface area is 71.6 Å². The molecule has 0 unspecified atom stereocenters. The van der Waals surface area contributed by atoms with Gasteiger partial charge in [-0.05, 0) is 12.2 Å². The van der Waals surface area contributed by atoms with Gasteiger partial charge in [-0.2, -0.15) is 0 Å². The molecule has 0 saturated carbocycles. The van der Waals surface area contributed by atoms with Gasteiger partial charge in [0, 0.05) is 0 Å². The van der Waals surface area contributed by atoms with Crippen molar-refractivity contribution in [2.24, 2.45) is 0 Å². The molecule has 0 rings (SSSR count). The van der Waals surface area contributed by atoms with Crippen LogP contribution in [-0.2, 0) is 9.59 Å². The first-order chi connectivity index (χ1) is 5.91. The van der Waals surface area contributed by atoms with Gasteiger partial charge in [0.15, 0.2) is 0 Å². The van der Waals surface area contributed by atoms with Gasteiger partial charge in [-0.3, -0.25) is 9.59 Å². The van der Waals surface area contributed by atoms with Crippen LogP contribution >= 0.6 is 0 Å². The maximum Gasteiger partial charge on any atom is 0.142 e. The molecular weight excluding hydrogens is 152 g/mol. The van der Waals surface area contributed by atoms with Crippen molar-refractivity contribution in [3.05, 3.63) is 48.6 Å². The Morgan fingerprint density at radius 3 is 0.917 bits per heavy atom. The molecule has 0 bridgehead atoms. The minimum Gasteiger partial charge on any atom is -0.299 e. The van der Waals surface area contributed by atoms with Crippen molar-refractivity contribution >= 4 is 12.6 Å². The molecule has 0 aromatic carbocycles. The third-order valence-electron chi connectivity index (χ3n) is 0.935. The van der Waals surface area contributed by atoms with Gasteiger partial charge in [0.2, 0.25) is 0 Å². The van der Waals surface area contributed by atoms with Gasteiger partial charge in [0.1, 0.15) is 12.6 Å². The van der Waals surface area contributed by atoms with Crippen molar-refractivity contribution in [2.75, 3.05) is 0 Å². The lowest BCUT2D eigenvalue weighted by Gasteiger charge is -1.70. The number of carbonyl (C=O) groups excluding carboxylic acids is 2. The zero-order valence-corrected chi connectivity index (χ0v) is 6.59. The fourth-order valence-electron chi connectivity index (χ4n) is 0.476.